The summed E-state index contributed by atoms with van der Waals surface area (Å²) in [7, 11) is 1.93. The van der Waals surface area contributed by atoms with Gasteiger partial charge in [0.2, 0.25) is 5.82 Å². The number of benzene rings is 1. The summed E-state index contributed by atoms with van der Waals surface area (Å²) < 4.78 is 1.11. The highest BCUT2D eigenvalue weighted by molar-refractivity contribution is 5.84. The molecular weight excluding hydrogens is 254 g/mol. The highest BCUT2D eigenvalue weighted by Gasteiger charge is 2.17. The first-order valence-electron chi connectivity index (χ1n) is 6.41. The molecule has 1 aliphatic rings. The second-order valence-corrected chi connectivity index (χ2v) is 4.72. The second-order valence-electron chi connectivity index (χ2n) is 4.72. The third kappa shape index (κ3) is 1.93. The lowest BCUT2D eigenvalue weighted by Crippen LogP contribution is -2.26. The van der Waals surface area contributed by atoms with E-state index in [0.29, 0.717) is 10.9 Å². The second kappa shape index (κ2) is 4.78. The molecule has 0 amide bonds. The molecule has 0 bridgehead atoms. The maximum atomic E-state index is 12.4. The van der Waals surface area contributed by atoms with Crippen molar-refractivity contribution in [3.05, 3.63) is 40.4 Å². The smallest absolute Gasteiger partial charge is 0.282 e. The summed E-state index contributed by atoms with van der Waals surface area (Å²) in [6, 6.07) is 8.92. The number of amidine groups is 1. The van der Waals surface area contributed by atoms with E-state index in [1.807, 2.05) is 18.0 Å². The summed E-state index contributed by atoms with van der Waals surface area (Å²) >= 11 is 0. The molecule has 0 spiro atoms. The lowest BCUT2D eigenvalue weighted by atomic mass is 10.2. The fourth-order valence-electron chi connectivity index (χ4n) is 2.32. The van der Waals surface area contributed by atoms with Crippen molar-refractivity contribution in [2.75, 3.05) is 13.6 Å². The van der Waals surface area contributed by atoms with Crippen molar-refractivity contribution in [3.63, 3.8) is 0 Å². The lowest BCUT2D eigenvalue weighted by molar-refractivity contribution is 0.543. The van der Waals surface area contributed by atoms with Gasteiger partial charge in [0.1, 0.15) is 11.9 Å². The Morgan fingerprint density at radius 2 is 2.20 bits per heavy atom. The molecule has 0 saturated carbocycles. The number of nitriles is 1. The van der Waals surface area contributed by atoms with Gasteiger partial charge in [-0.3, -0.25) is 4.79 Å². The molecule has 1 aliphatic heterocycles. The summed E-state index contributed by atoms with van der Waals surface area (Å²) in [6.07, 6.45) is 1.81. The van der Waals surface area contributed by atoms with Gasteiger partial charge in [0.25, 0.3) is 5.56 Å². The number of nitrogens with zero attached hydrogens (tertiary/aromatic N) is 5. The van der Waals surface area contributed by atoms with Gasteiger partial charge in [-0.1, -0.05) is 12.1 Å². The topological polar surface area (TPSA) is 74.3 Å². The van der Waals surface area contributed by atoms with Gasteiger partial charge in [0, 0.05) is 20.0 Å². The summed E-state index contributed by atoms with van der Waals surface area (Å²) in [5.74, 6) is 0.821. The molecule has 2 aromatic rings. The van der Waals surface area contributed by atoms with Gasteiger partial charge in [0.15, 0.2) is 0 Å². The van der Waals surface area contributed by atoms with Crippen LogP contribution in [0.2, 0.25) is 0 Å². The quantitative estimate of drug-likeness (QED) is 0.777. The third-order valence-corrected chi connectivity index (χ3v) is 3.40. The molecule has 0 unspecified atom stereocenters. The Hall–Kier alpha value is -2.68. The van der Waals surface area contributed by atoms with E-state index < -0.39 is 0 Å². The van der Waals surface area contributed by atoms with Gasteiger partial charge in [-0.2, -0.15) is 9.94 Å². The maximum absolute atomic E-state index is 12.4. The number of fused-ring (bicyclic) bond motifs is 1. The Balaban J connectivity index is 2.27. The minimum absolute atomic E-state index is 0.0153. The third-order valence-electron chi connectivity index (χ3n) is 3.40. The Kier molecular flexibility index (Phi) is 2.95. The summed E-state index contributed by atoms with van der Waals surface area (Å²) in [4.78, 5) is 18.6. The average molecular weight is 267 g/mol. The van der Waals surface area contributed by atoms with Crippen LogP contribution in [0.15, 0.2) is 34.2 Å². The van der Waals surface area contributed by atoms with Crippen LogP contribution in [0.1, 0.15) is 18.7 Å². The zero-order chi connectivity index (χ0) is 14.1. The van der Waals surface area contributed by atoms with Gasteiger partial charge in [-0.15, -0.1) is 5.10 Å². The number of aromatic nitrogens is 2. The Morgan fingerprint density at radius 3 is 2.90 bits per heavy atom. The van der Waals surface area contributed by atoms with Gasteiger partial charge in [0.05, 0.1) is 10.9 Å². The van der Waals surface area contributed by atoms with E-state index in [1.165, 1.54) is 0 Å². The number of likely N-dealkylation sites (tertiary alicyclic amines) is 1. The first kappa shape index (κ1) is 12.4. The molecule has 6 heteroatoms. The number of hydrogen-bond acceptors (Lipinski definition) is 4. The Labute approximate surface area is 115 Å². The van der Waals surface area contributed by atoms with Gasteiger partial charge >= 0.3 is 0 Å². The minimum Gasteiger partial charge on any atom is -0.362 e. The SMILES string of the molecule is CN1CCCC1=Nn1c(C#N)nc2ccccc2c1=O. The van der Waals surface area contributed by atoms with E-state index in [-0.39, 0.29) is 11.4 Å². The van der Waals surface area contributed by atoms with Crippen LogP contribution in [0.25, 0.3) is 10.9 Å². The van der Waals surface area contributed by atoms with Crippen LogP contribution in [-0.4, -0.2) is 34.0 Å². The van der Waals surface area contributed by atoms with Crippen LogP contribution in [0.5, 0.6) is 0 Å². The van der Waals surface area contributed by atoms with E-state index in [1.54, 1.807) is 24.3 Å². The van der Waals surface area contributed by atoms with Gasteiger partial charge in [-0.25, -0.2) is 4.98 Å². The molecule has 3 rings (SSSR count). The molecule has 100 valence electrons. The van der Waals surface area contributed by atoms with Crippen molar-refractivity contribution in [3.8, 4) is 6.07 Å². The van der Waals surface area contributed by atoms with Crippen LogP contribution in [0, 0.1) is 11.3 Å². The molecule has 2 heterocycles. The molecule has 20 heavy (non-hydrogen) atoms. The first-order valence-corrected chi connectivity index (χ1v) is 6.41. The zero-order valence-electron chi connectivity index (χ0n) is 11.1. The fourth-order valence-corrected chi connectivity index (χ4v) is 2.32. The molecule has 1 aromatic heterocycles. The predicted octanol–water partition coefficient (Wildman–Crippen LogP) is 1.16. The highest BCUT2D eigenvalue weighted by atomic mass is 16.1. The van der Waals surface area contributed by atoms with Crippen molar-refractivity contribution in [1.82, 2.24) is 14.6 Å². The highest BCUT2D eigenvalue weighted by Crippen LogP contribution is 2.11. The van der Waals surface area contributed by atoms with Gasteiger partial charge in [-0.05, 0) is 18.6 Å². The molecule has 0 atom stereocenters. The van der Waals surface area contributed by atoms with E-state index >= 15 is 0 Å². The van der Waals surface area contributed by atoms with E-state index in [0.717, 1.165) is 29.9 Å². The molecule has 1 saturated heterocycles. The Morgan fingerprint density at radius 1 is 1.40 bits per heavy atom. The molecule has 0 N–H and O–H groups in total. The summed E-state index contributed by atoms with van der Waals surface area (Å²) in [5.41, 5.74) is 0.213. The zero-order valence-corrected chi connectivity index (χ0v) is 11.1. The molecule has 0 radical (unpaired) electrons. The van der Waals surface area contributed by atoms with Crippen molar-refractivity contribution in [2.24, 2.45) is 5.10 Å². The molecular formula is C14H13N5O. The first-order chi connectivity index (χ1) is 9.70. The summed E-state index contributed by atoms with van der Waals surface area (Å²) in [6.45, 7) is 0.913. The maximum Gasteiger partial charge on any atom is 0.282 e. The number of rotatable bonds is 1. The number of para-hydroxylation sites is 1. The van der Waals surface area contributed by atoms with Crippen molar-refractivity contribution in [1.29, 1.82) is 5.26 Å². The largest absolute Gasteiger partial charge is 0.362 e. The van der Waals surface area contributed by atoms with Crippen LogP contribution < -0.4 is 5.56 Å². The average Bonchev–Trinajstić information content (AvgIpc) is 2.87. The van der Waals surface area contributed by atoms with Crippen molar-refractivity contribution in [2.45, 2.75) is 12.8 Å². The van der Waals surface area contributed by atoms with Crippen LogP contribution in [-0.2, 0) is 0 Å². The molecule has 1 fully saturated rings. The van der Waals surface area contributed by atoms with Crippen LogP contribution in [0.4, 0.5) is 0 Å². The molecule has 1 aromatic carbocycles. The van der Waals surface area contributed by atoms with Gasteiger partial charge < -0.3 is 4.90 Å². The van der Waals surface area contributed by atoms with E-state index in [2.05, 4.69) is 10.1 Å². The van der Waals surface area contributed by atoms with E-state index in [4.69, 9.17) is 0 Å². The predicted molar refractivity (Wildman–Crippen MR) is 75.4 cm³/mol. The molecule has 6 nitrogen and oxygen atoms in total. The van der Waals surface area contributed by atoms with Crippen molar-refractivity contribution >= 4 is 16.7 Å². The lowest BCUT2D eigenvalue weighted by Gasteiger charge is -2.11. The normalized spacial score (nSPS) is 16.8. The van der Waals surface area contributed by atoms with Crippen LogP contribution in [0.3, 0.4) is 0 Å². The van der Waals surface area contributed by atoms with E-state index in [9.17, 15) is 10.1 Å². The molecule has 0 aliphatic carbocycles. The van der Waals surface area contributed by atoms with Crippen molar-refractivity contribution < 1.29 is 0 Å². The minimum atomic E-state index is -0.306. The van der Waals surface area contributed by atoms with Crippen LogP contribution >= 0.6 is 0 Å². The monoisotopic (exact) mass is 267 g/mol. The number of hydrogen-bond donors (Lipinski definition) is 0. The standard InChI is InChI=1S/C14H13N5O/c1-18-8-4-7-12(18)17-19-13(9-15)16-11-6-3-2-5-10(11)14(19)20/h2-3,5-6H,4,7-8H2,1H3. The Bertz CT molecular complexity index is 799. The fraction of sp³-hybridized carbons (Fsp3) is 0.286. The summed E-state index contributed by atoms with van der Waals surface area (Å²) in [5, 5.41) is 14.0.